The summed E-state index contributed by atoms with van der Waals surface area (Å²) in [6.07, 6.45) is -4.62. The van der Waals surface area contributed by atoms with Crippen molar-refractivity contribution in [3.63, 3.8) is 0 Å². The van der Waals surface area contributed by atoms with Crippen molar-refractivity contribution in [3.8, 4) is 5.75 Å². The van der Waals surface area contributed by atoms with Crippen molar-refractivity contribution in [2.45, 2.75) is 50.2 Å². The van der Waals surface area contributed by atoms with Crippen LogP contribution in [0, 0.1) is 5.82 Å². The quantitative estimate of drug-likeness (QED) is 0.738. The molecule has 2 aliphatic rings. The molecule has 2 aliphatic heterocycles. The van der Waals surface area contributed by atoms with Gasteiger partial charge >= 0.3 is 0 Å². The molecular weight excluding hydrogens is 367 g/mol. The second kappa shape index (κ2) is 7.09. The zero-order valence-corrected chi connectivity index (χ0v) is 15.6. The Hall–Kier alpha value is -2.03. The van der Waals surface area contributed by atoms with E-state index in [4.69, 9.17) is 14.2 Å². The first kappa shape index (κ1) is 19.3. The van der Waals surface area contributed by atoms with E-state index in [1.807, 2.05) is 12.1 Å². The lowest BCUT2D eigenvalue weighted by molar-refractivity contribution is -0.362. The number of fused-ring (bicyclic) bond motifs is 2. The number of benzene rings is 2. The van der Waals surface area contributed by atoms with E-state index >= 15 is 0 Å². The molecule has 0 radical (unpaired) electrons. The molecule has 2 heterocycles. The summed E-state index contributed by atoms with van der Waals surface area (Å²) in [5.74, 6) is -1.30. The highest BCUT2D eigenvalue weighted by Crippen LogP contribution is 2.46. The fraction of sp³-hybridized carbons (Fsp3) is 0.429. The number of hydrogen-bond acceptors (Lipinski definition) is 6. The van der Waals surface area contributed by atoms with E-state index < -0.39 is 30.2 Å². The predicted molar refractivity (Wildman–Crippen MR) is 97.2 cm³/mol. The molecule has 1 saturated heterocycles. The van der Waals surface area contributed by atoms with Gasteiger partial charge in [-0.15, -0.1) is 0 Å². The summed E-state index contributed by atoms with van der Waals surface area (Å²) in [5, 5.41) is 30.8. The second-order valence-corrected chi connectivity index (χ2v) is 7.33. The molecule has 150 valence electrons. The molecule has 28 heavy (non-hydrogen) atoms. The first-order valence-electron chi connectivity index (χ1n) is 9.16. The molecule has 2 aromatic carbocycles. The molecule has 4 rings (SSSR count). The van der Waals surface area contributed by atoms with E-state index in [1.165, 1.54) is 6.07 Å². The average Bonchev–Trinajstić information content (AvgIpc) is 3.04. The monoisotopic (exact) mass is 390 g/mol. The first-order chi connectivity index (χ1) is 13.4. The van der Waals surface area contributed by atoms with Gasteiger partial charge in [0.05, 0.1) is 19.8 Å². The zero-order chi connectivity index (χ0) is 20.1. The number of methoxy groups -OCH3 is 1. The van der Waals surface area contributed by atoms with Crippen molar-refractivity contribution in [1.29, 1.82) is 0 Å². The Labute approximate surface area is 162 Å². The zero-order valence-electron chi connectivity index (χ0n) is 15.6. The molecule has 2 aromatic rings. The predicted octanol–water partition coefficient (Wildman–Crippen LogP) is 1.61. The standard InChI is InChI=1S/C21H23FO6/c1-11-18(23)19(24)20(25)21(28-11)16-8-13(17(22)9-14(16)10-27-21)7-12-3-5-15(26-2)6-4-12/h3-6,8-9,11,18-20,23-25H,7,10H2,1-2H3. The molecule has 0 aromatic heterocycles. The maximum absolute atomic E-state index is 14.7. The molecule has 0 aliphatic carbocycles. The largest absolute Gasteiger partial charge is 0.497 e. The molecule has 6 nitrogen and oxygen atoms in total. The van der Waals surface area contributed by atoms with Crippen LogP contribution in [-0.2, 0) is 28.3 Å². The third-order valence-electron chi connectivity index (χ3n) is 5.55. The van der Waals surface area contributed by atoms with Crippen LogP contribution in [0.15, 0.2) is 36.4 Å². The maximum atomic E-state index is 14.7. The minimum Gasteiger partial charge on any atom is -0.497 e. The van der Waals surface area contributed by atoms with Gasteiger partial charge in [0.15, 0.2) is 0 Å². The molecule has 0 saturated carbocycles. The lowest BCUT2D eigenvalue weighted by atomic mass is 9.86. The van der Waals surface area contributed by atoms with Crippen LogP contribution in [0.3, 0.4) is 0 Å². The van der Waals surface area contributed by atoms with Crippen LogP contribution in [0.1, 0.15) is 29.2 Å². The van der Waals surface area contributed by atoms with E-state index in [2.05, 4.69) is 0 Å². The van der Waals surface area contributed by atoms with Gasteiger partial charge in [0.2, 0.25) is 5.79 Å². The van der Waals surface area contributed by atoms with Crippen LogP contribution in [0.4, 0.5) is 4.39 Å². The van der Waals surface area contributed by atoms with Gasteiger partial charge < -0.3 is 29.5 Å². The van der Waals surface area contributed by atoms with Gasteiger partial charge in [0, 0.05) is 12.0 Å². The normalized spacial score (nSPS) is 31.8. The van der Waals surface area contributed by atoms with Crippen LogP contribution in [0.5, 0.6) is 5.75 Å². The number of hydrogen-bond donors (Lipinski definition) is 3. The molecule has 1 spiro atoms. The van der Waals surface area contributed by atoms with Gasteiger partial charge in [-0.25, -0.2) is 4.39 Å². The van der Waals surface area contributed by atoms with Gasteiger partial charge in [0.1, 0.15) is 29.9 Å². The highest BCUT2D eigenvalue weighted by Gasteiger charge is 2.57. The van der Waals surface area contributed by atoms with Crippen molar-refractivity contribution in [3.05, 3.63) is 64.5 Å². The average molecular weight is 390 g/mol. The Morgan fingerprint density at radius 3 is 2.54 bits per heavy atom. The fourth-order valence-electron chi connectivity index (χ4n) is 3.91. The topological polar surface area (TPSA) is 88.4 Å². The second-order valence-electron chi connectivity index (χ2n) is 7.33. The highest BCUT2D eigenvalue weighted by atomic mass is 19.1. The van der Waals surface area contributed by atoms with Crippen molar-refractivity contribution in [1.82, 2.24) is 0 Å². The first-order valence-corrected chi connectivity index (χ1v) is 9.16. The highest BCUT2D eigenvalue weighted by molar-refractivity contribution is 5.42. The van der Waals surface area contributed by atoms with Crippen molar-refractivity contribution < 1.29 is 33.9 Å². The van der Waals surface area contributed by atoms with Crippen molar-refractivity contribution >= 4 is 0 Å². The Balaban J connectivity index is 1.70. The van der Waals surface area contributed by atoms with Crippen LogP contribution >= 0.6 is 0 Å². The van der Waals surface area contributed by atoms with E-state index in [9.17, 15) is 19.7 Å². The van der Waals surface area contributed by atoms with E-state index in [1.54, 1.807) is 32.2 Å². The van der Waals surface area contributed by atoms with Crippen LogP contribution in [-0.4, -0.2) is 46.8 Å². The molecule has 5 unspecified atom stereocenters. The number of rotatable bonds is 3. The van der Waals surface area contributed by atoms with Gasteiger partial charge in [0.25, 0.3) is 0 Å². The summed E-state index contributed by atoms with van der Waals surface area (Å²) in [6, 6.07) is 10.3. The summed E-state index contributed by atoms with van der Waals surface area (Å²) in [5.41, 5.74) is 2.33. The molecule has 0 amide bonds. The van der Waals surface area contributed by atoms with Crippen LogP contribution in [0.25, 0.3) is 0 Å². The summed E-state index contributed by atoms with van der Waals surface area (Å²) in [4.78, 5) is 0. The lowest BCUT2D eigenvalue weighted by Crippen LogP contribution is -2.62. The molecule has 0 bridgehead atoms. The lowest BCUT2D eigenvalue weighted by Gasteiger charge is -2.45. The van der Waals surface area contributed by atoms with Gasteiger partial charge in [-0.2, -0.15) is 0 Å². The Morgan fingerprint density at radius 2 is 1.86 bits per heavy atom. The molecule has 5 atom stereocenters. The molecule has 1 fully saturated rings. The SMILES string of the molecule is COc1ccc(Cc2cc3c(cc2F)COC32OC(C)C(O)C(O)C2O)cc1. The minimum absolute atomic E-state index is 0.0433. The Kier molecular flexibility index (Phi) is 4.89. The van der Waals surface area contributed by atoms with Gasteiger partial charge in [-0.1, -0.05) is 12.1 Å². The van der Waals surface area contributed by atoms with E-state index in [0.29, 0.717) is 28.9 Å². The Bertz CT molecular complexity index is 870. The smallest absolute Gasteiger partial charge is 0.225 e. The summed E-state index contributed by atoms with van der Waals surface area (Å²) in [6.45, 7) is 1.63. The van der Waals surface area contributed by atoms with E-state index in [-0.39, 0.29) is 12.4 Å². The number of halogens is 1. The summed E-state index contributed by atoms with van der Waals surface area (Å²) in [7, 11) is 1.58. The van der Waals surface area contributed by atoms with Crippen molar-refractivity contribution in [2.24, 2.45) is 0 Å². The van der Waals surface area contributed by atoms with Crippen molar-refractivity contribution in [2.75, 3.05) is 7.11 Å². The summed E-state index contributed by atoms with van der Waals surface area (Å²) < 4.78 is 31.3. The van der Waals surface area contributed by atoms with Crippen LogP contribution in [0.2, 0.25) is 0 Å². The number of aliphatic hydroxyl groups is 3. The maximum Gasteiger partial charge on any atom is 0.225 e. The van der Waals surface area contributed by atoms with Gasteiger partial charge in [-0.05, 0) is 47.9 Å². The molecule has 3 N–H and O–H groups in total. The van der Waals surface area contributed by atoms with Gasteiger partial charge in [-0.3, -0.25) is 0 Å². The number of ether oxygens (including phenoxy) is 3. The van der Waals surface area contributed by atoms with E-state index in [0.717, 1.165) is 5.56 Å². The summed E-state index contributed by atoms with van der Waals surface area (Å²) >= 11 is 0. The Morgan fingerprint density at radius 1 is 1.14 bits per heavy atom. The molecular formula is C21H23FO6. The minimum atomic E-state index is -1.63. The third kappa shape index (κ3) is 3.00. The fourth-order valence-corrected chi connectivity index (χ4v) is 3.91. The number of aliphatic hydroxyl groups excluding tert-OH is 3. The van der Waals surface area contributed by atoms with Crippen LogP contribution < -0.4 is 4.74 Å². The third-order valence-corrected chi connectivity index (χ3v) is 5.55. The molecule has 7 heteroatoms.